The maximum absolute atomic E-state index is 12.1. The molecule has 33 heavy (non-hydrogen) atoms. The van der Waals surface area contributed by atoms with Gasteiger partial charge in [-0.1, -0.05) is 24.3 Å². The predicted molar refractivity (Wildman–Crippen MR) is 130 cm³/mol. The molecule has 5 rings (SSSR count). The molecule has 0 saturated carbocycles. The number of hydrogen-bond acceptors (Lipinski definition) is 5. The standard InChI is InChI=1S/C26H31N5O2/c1-17(32)31-10-8-25(29-21-9-11-33-16-21)24(15-31)26(27)23-5-3-4-19-12-18(6-7-22(19)23)20-13-28-30(2)14-20/h5-7,12-14,21H,3-4,8-11,15-16,27H2,1-2H3/t21-/m0/s1. The van der Waals surface area contributed by atoms with E-state index in [0.717, 1.165) is 60.4 Å². The second-order valence-electron chi connectivity index (χ2n) is 9.11. The van der Waals surface area contributed by atoms with Crippen LogP contribution < -0.4 is 5.73 Å². The number of fused-ring (bicyclic) bond motifs is 1. The van der Waals surface area contributed by atoms with Crippen LogP contribution in [-0.4, -0.2) is 58.6 Å². The molecule has 3 heterocycles. The molecule has 172 valence electrons. The average Bonchev–Trinajstić information content (AvgIpc) is 3.49. The molecule has 1 aromatic carbocycles. The third-order valence-electron chi connectivity index (χ3n) is 6.82. The summed E-state index contributed by atoms with van der Waals surface area (Å²) in [6.45, 7) is 4.23. The molecule has 1 amide bonds. The van der Waals surface area contributed by atoms with Crippen LogP contribution >= 0.6 is 0 Å². The smallest absolute Gasteiger partial charge is 0.219 e. The van der Waals surface area contributed by atoms with Crippen molar-refractivity contribution in [2.45, 2.75) is 38.6 Å². The molecule has 0 radical (unpaired) electrons. The monoisotopic (exact) mass is 445 g/mol. The van der Waals surface area contributed by atoms with Crippen molar-refractivity contribution in [1.29, 1.82) is 0 Å². The lowest BCUT2D eigenvalue weighted by Crippen LogP contribution is -2.40. The van der Waals surface area contributed by atoms with Crippen LogP contribution in [0.2, 0.25) is 0 Å². The Morgan fingerprint density at radius 3 is 2.88 bits per heavy atom. The van der Waals surface area contributed by atoms with Crippen LogP contribution in [0.3, 0.4) is 0 Å². The molecule has 1 aliphatic carbocycles. The molecule has 2 aromatic rings. The summed E-state index contributed by atoms with van der Waals surface area (Å²) >= 11 is 0. The lowest BCUT2D eigenvalue weighted by molar-refractivity contribution is -0.128. The van der Waals surface area contributed by atoms with Gasteiger partial charge in [-0.2, -0.15) is 5.10 Å². The number of likely N-dealkylation sites (tertiary alicyclic amines) is 1. The molecule has 7 nitrogen and oxygen atoms in total. The molecule has 3 aliphatic rings. The first kappa shape index (κ1) is 21.6. The number of benzene rings is 1. The van der Waals surface area contributed by atoms with Gasteiger partial charge in [0, 0.05) is 74.4 Å². The van der Waals surface area contributed by atoms with Gasteiger partial charge in [0.25, 0.3) is 0 Å². The van der Waals surface area contributed by atoms with Gasteiger partial charge >= 0.3 is 0 Å². The van der Waals surface area contributed by atoms with Crippen molar-refractivity contribution in [1.82, 2.24) is 14.7 Å². The molecular formula is C26H31N5O2. The van der Waals surface area contributed by atoms with Crippen molar-refractivity contribution in [2.24, 2.45) is 17.8 Å². The Bertz CT molecular complexity index is 1170. The minimum atomic E-state index is 0.0719. The number of aliphatic imine (C=N–C) groups is 1. The van der Waals surface area contributed by atoms with E-state index in [0.29, 0.717) is 19.7 Å². The quantitative estimate of drug-likeness (QED) is 0.787. The number of aryl methyl sites for hydroxylation is 2. The lowest BCUT2D eigenvalue weighted by Gasteiger charge is -2.31. The number of ether oxygens (including phenoxy) is 1. The van der Waals surface area contributed by atoms with Gasteiger partial charge in [-0.25, -0.2) is 0 Å². The summed E-state index contributed by atoms with van der Waals surface area (Å²) in [5.41, 5.74) is 15.4. The molecule has 1 atom stereocenters. The normalized spacial score (nSPS) is 23.5. The maximum atomic E-state index is 12.1. The van der Waals surface area contributed by atoms with E-state index in [1.54, 1.807) is 6.92 Å². The molecule has 0 unspecified atom stereocenters. The van der Waals surface area contributed by atoms with E-state index in [2.05, 4.69) is 29.4 Å². The van der Waals surface area contributed by atoms with E-state index in [4.69, 9.17) is 15.5 Å². The van der Waals surface area contributed by atoms with Crippen molar-refractivity contribution >= 4 is 17.2 Å². The molecule has 2 aliphatic heterocycles. The first-order valence-corrected chi connectivity index (χ1v) is 11.7. The average molecular weight is 446 g/mol. The SMILES string of the molecule is CC(=O)N1CCC(=N[C@H]2CCOC2)C(=C(N)C2=CCCc3cc(-c4cnn(C)c4)ccc32)C1. The summed E-state index contributed by atoms with van der Waals surface area (Å²) in [7, 11) is 1.93. The Hall–Kier alpha value is -3.19. The number of hydrogen-bond donors (Lipinski definition) is 1. The summed E-state index contributed by atoms with van der Waals surface area (Å²) < 4.78 is 7.35. The number of piperidine rings is 1. The largest absolute Gasteiger partial charge is 0.398 e. The molecule has 1 aromatic heterocycles. The second kappa shape index (κ2) is 8.98. The molecule has 2 fully saturated rings. The number of allylic oxidation sites excluding steroid dienone is 2. The highest BCUT2D eigenvalue weighted by Crippen LogP contribution is 2.35. The van der Waals surface area contributed by atoms with Crippen molar-refractivity contribution in [2.75, 3.05) is 26.3 Å². The third kappa shape index (κ3) is 4.37. The highest BCUT2D eigenvalue weighted by molar-refractivity contribution is 6.06. The summed E-state index contributed by atoms with van der Waals surface area (Å²) in [4.78, 5) is 19.0. The maximum Gasteiger partial charge on any atom is 0.219 e. The van der Waals surface area contributed by atoms with Gasteiger partial charge < -0.3 is 15.4 Å². The number of carbonyl (C=O) groups is 1. The third-order valence-corrected chi connectivity index (χ3v) is 6.82. The number of nitrogens with zero attached hydrogens (tertiary/aromatic N) is 4. The van der Waals surface area contributed by atoms with Crippen LogP contribution in [0.25, 0.3) is 16.7 Å². The number of rotatable bonds is 3. The summed E-state index contributed by atoms with van der Waals surface area (Å²) in [6, 6.07) is 6.75. The minimum absolute atomic E-state index is 0.0719. The topological polar surface area (TPSA) is 85.7 Å². The zero-order chi connectivity index (χ0) is 22.9. The lowest BCUT2D eigenvalue weighted by atomic mass is 9.85. The summed E-state index contributed by atoms with van der Waals surface area (Å²) in [6.07, 6.45) is 9.75. The van der Waals surface area contributed by atoms with E-state index in [-0.39, 0.29) is 11.9 Å². The molecule has 7 heteroatoms. The van der Waals surface area contributed by atoms with Gasteiger partial charge in [-0.3, -0.25) is 14.5 Å². The van der Waals surface area contributed by atoms with Crippen LogP contribution in [0, 0.1) is 0 Å². The Kier molecular flexibility index (Phi) is 5.89. The predicted octanol–water partition coefficient (Wildman–Crippen LogP) is 3.11. The van der Waals surface area contributed by atoms with Crippen molar-refractivity contribution in [3.05, 3.63) is 59.1 Å². The summed E-state index contributed by atoms with van der Waals surface area (Å²) in [5.74, 6) is 0.0719. The molecule has 2 saturated heterocycles. The molecule has 2 N–H and O–H groups in total. The van der Waals surface area contributed by atoms with Gasteiger partial charge in [0.05, 0.1) is 18.8 Å². The highest BCUT2D eigenvalue weighted by Gasteiger charge is 2.28. The fraction of sp³-hybridized carbons (Fsp3) is 0.423. The van der Waals surface area contributed by atoms with Crippen molar-refractivity contribution in [3.63, 3.8) is 0 Å². The van der Waals surface area contributed by atoms with Crippen molar-refractivity contribution in [3.8, 4) is 11.1 Å². The van der Waals surface area contributed by atoms with Gasteiger partial charge in [0.1, 0.15) is 0 Å². The Morgan fingerprint density at radius 2 is 2.15 bits per heavy atom. The molecule has 0 spiro atoms. The van der Waals surface area contributed by atoms with Gasteiger partial charge in [-0.05, 0) is 36.0 Å². The minimum Gasteiger partial charge on any atom is -0.398 e. The molecule has 0 bridgehead atoms. The van der Waals surface area contributed by atoms with Crippen molar-refractivity contribution < 1.29 is 9.53 Å². The van der Waals surface area contributed by atoms with E-state index in [1.165, 1.54) is 16.7 Å². The zero-order valence-electron chi connectivity index (χ0n) is 19.4. The van der Waals surface area contributed by atoms with E-state index in [9.17, 15) is 4.79 Å². The second-order valence-corrected chi connectivity index (χ2v) is 9.11. The van der Waals surface area contributed by atoms with Crippen LogP contribution in [-0.2, 0) is 23.0 Å². The highest BCUT2D eigenvalue weighted by atomic mass is 16.5. The van der Waals surface area contributed by atoms with Crippen LogP contribution in [0.4, 0.5) is 0 Å². The summed E-state index contributed by atoms with van der Waals surface area (Å²) in [5, 5.41) is 4.30. The Balaban J connectivity index is 1.53. The Labute approximate surface area is 194 Å². The number of carbonyl (C=O) groups excluding carboxylic acids is 1. The van der Waals surface area contributed by atoms with Crippen LogP contribution in [0.15, 0.2) is 52.9 Å². The van der Waals surface area contributed by atoms with E-state index in [1.807, 2.05) is 29.0 Å². The number of aromatic nitrogens is 2. The Morgan fingerprint density at radius 1 is 1.27 bits per heavy atom. The number of nitrogens with two attached hydrogens (primary N) is 1. The fourth-order valence-corrected chi connectivity index (χ4v) is 4.96. The first-order valence-electron chi connectivity index (χ1n) is 11.7. The fourth-order valence-electron chi connectivity index (χ4n) is 4.96. The van der Waals surface area contributed by atoms with Crippen LogP contribution in [0.1, 0.15) is 37.3 Å². The van der Waals surface area contributed by atoms with Gasteiger partial charge in [-0.15, -0.1) is 0 Å². The molecular weight excluding hydrogens is 414 g/mol. The van der Waals surface area contributed by atoms with E-state index >= 15 is 0 Å². The van der Waals surface area contributed by atoms with Crippen LogP contribution in [0.5, 0.6) is 0 Å². The van der Waals surface area contributed by atoms with E-state index < -0.39 is 0 Å². The zero-order valence-corrected chi connectivity index (χ0v) is 19.4. The van der Waals surface area contributed by atoms with Gasteiger partial charge in [0.2, 0.25) is 5.91 Å². The first-order chi connectivity index (χ1) is 16.0. The van der Waals surface area contributed by atoms with Gasteiger partial charge in [0.15, 0.2) is 0 Å². The number of amides is 1.